The maximum Gasteiger partial charge on any atom is 0.192 e. The molecule has 0 bridgehead atoms. The standard InChI is InChI=1S/C13H10N4O/c1-8-16-10-5-9(3-4-12(10)18-8)13-11(6-14)15-7-17(13)2/h3-5,7H,1-2H3. The van der Waals surface area contributed by atoms with Gasteiger partial charge in [-0.3, -0.25) is 0 Å². The molecule has 88 valence electrons. The van der Waals surface area contributed by atoms with Gasteiger partial charge < -0.3 is 8.98 Å². The maximum absolute atomic E-state index is 9.05. The summed E-state index contributed by atoms with van der Waals surface area (Å²) in [6, 6.07) is 7.77. The summed E-state index contributed by atoms with van der Waals surface area (Å²) in [6.07, 6.45) is 1.63. The number of oxazole rings is 1. The van der Waals surface area contributed by atoms with Gasteiger partial charge in [-0.2, -0.15) is 5.26 Å². The second kappa shape index (κ2) is 3.70. The highest BCUT2D eigenvalue weighted by atomic mass is 16.3. The van der Waals surface area contributed by atoms with Gasteiger partial charge in [0.1, 0.15) is 11.6 Å². The number of aryl methyl sites for hydroxylation is 2. The van der Waals surface area contributed by atoms with E-state index in [1.54, 1.807) is 6.33 Å². The number of benzene rings is 1. The summed E-state index contributed by atoms with van der Waals surface area (Å²) in [7, 11) is 1.86. The Morgan fingerprint density at radius 1 is 1.39 bits per heavy atom. The number of imidazole rings is 1. The lowest BCUT2D eigenvalue weighted by Crippen LogP contribution is -1.91. The molecule has 3 rings (SSSR count). The minimum Gasteiger partial charge on any atom is -0.441 e. The summed E-state index contributed by atoms with van der Waals surface area (Å²) in [4.78, 5) is 8.34. The SMILES string of the molecule is Cc1nc2cc(-c3c(C#N)ncn3C)ccc2o1. The number of fused-ring (bicyclic) bond motifs is 1. The van der Waals surface area contributed by atoms with Crippen molar-refractivity contribution in [2.75, 3.05) is 0 Å². The molecule has 18 heavy (non-hydrogen) atoms. The molecule has 0 aliphatic heterocycles. The Kier molecular flexibility index (Phi) is 2.17. The second-order valence-corrected chi connectivity index (χ2v) is 4.08. The van der Waals surface area contributed by atoms with Crippen LogP contribution in [0.25, 0.3) is 22.4 Å². The maximum atomic E-state index is 9.05. The van der Waals surface area contributed by atoms with E-state index in [1.165, 1.54) is 0 Å². The first kappa shape index (κ1) is 10.5. The van der Waals surface area contributed by atoms with Crippen LogP contribution < -0.4 is 0 Å². The van der Waals surface area contributed by atoms with Crippen LogP contribution in [0.3, 0.4) is 0 Å². The van der Waals surface area contributed by atoms with E-state index < -0.39 is 0 Å². The largest absolute Gasteiger partial charge is 0.441 e. The van der Waals surface area contributed by atoms with Crippen LogP contribution in [-0.2, 0) is 7.05 Å². The van der Waals surface area contributed by atoms with Crippen LogP contribution in [0, 0.1) is 18.3 Å². The van der Waals surface area contributed by atoms with Crippen molar-refractivity contribution in [1.82, 2.24) is 14.5 Å². The lowest BCUT2D eigenvalue weighted by Gasteiger charge is -2.02. The van der Waals surface area contributed by atoms with Crippen molar-refractivity contribution in [3.8, 4) is 17.3 Å². The molecule has 5 heteroatoms. The first-order valence-electron chi connectivity index (χ1n) is 5.48. The lowest BCUT2D eigenvalue weighted by molar-refractivity contribution is 0.561. The molecular formula is C13H10N4O. The Labute approximate surface area is 103 Å². The Balaban J connectivity index is 2.25. The third-order valence-corrected chi connectivity index (χ3v) is 2.81. The first-order chi connectivity index (χ1) is 8.69. The summed E-state index contributed by atoms with van der Waals surface area (Å²) in [6.45, 7) is 1.81. The summed E-state index contributed by atoms with van der Waals surface area (Å²) in [5.74, 6) is 0.632. The molecule has 2 aromatic heterocycles. The van der Waals surface area contributed by atoms with Crippen LogP contribution in [0.4, 0.5) is 0 Å². The second-order valence-electron chi connectivity index (χ2n) is 4.08. The van der Waals surface area contributed by atoms with E-state index in [2.05, 4.69) is 16.0 Å². The van der Waals surface area contributed by atoms with Crippen molar-refractivity contribution in [1.29, 1.82) is 5.26 Å². The van der Waals surface area contributed by atoms with Gasteiger partial charge in [0.15, 0.2) is 17.2 Å². The molecule has 0 saturated heterocycles. The fraction of sp³-hybridized carbons (Fsp3) is 0.154. The number of aromatic nitrogens is 3. The van der Waals surface area contributed by atoms with E-state index in [4.69, 9.17) is 9.68 Å². The van der Waals surface area contributed by atoms with E-state index in [0.717, 1.165) is 22.4 Å². The number of nitriles is 1. The summed E-state index contributed by atoms with van der Waals surface area (Å²) in [5.41, 5.74) is 3.65. The molecule has 2 heterocycles. The van der Waals surface area contributed by atoms with Gasteiger partial charge in [-0.25, -0.2) is 9.97 Å². The quantitative estimate of drug-likeness (QED) is 0.652. The molecule has 0 radical (unpaired) electrons. The predicted octanol–water partition coefficient (Wildman–Crippen LogP) is 2.41. The van der Waals surface area contributed by atoms with Crippen molar-refractivity contribution in [2.45, 2.75) is 6.92 Å². The Hall–Kier alpha value is -2.61. The van der Waals surface area contributed by atoms with E-state index >= 15 is 0 Å². The molecule has 0 aliphatic carbocycles. The van der Waals surface area contributed by atoms with Crippen LogP contribution in [0.5, 0.6) is 0 Å². The molecule has 0 spiro atoms. The van der Waals surface area contributed by atoms with Gasteiger partial charge in [0.25, 0.3) is 0 Å². The number of hydrogen-bond donors (Lipinski definition) is 0. The van der Waals surface area contributed by atoms with Gasteiger partial charge >= 0.3 is 0 Å². The topological polar surface area (TPSA) is 67.6 Å². The van der Waals surface area contributed by atoms with Gasteiger partial charge in [0.2, 0.25) is 0 Å². The highest BCUT2D eigenvalue weighted by Crippen LogP contribution is 2.26. The van der Waals surface area contributed by atoms with Crippen LogP contribution in [0.15, 0.2) is 28.9 Å². The van der Waals surface area contributed by atoms with E-state index in [0.29, 0.717) is 11.6 Å². The van der Waals surface area contributed by atoms with Crippen molar-refractivity contribution in [3.63, 3.8) is 0 Å². The molecular weight excluding hydrogens is 228 g/mol. The zero-order valence-corrected chi connectivity index (χ0v) is 10.0. The molecule has 0 saturated carbocycles. The highest BCUT2D eigenvalue weighted by Gasteiger charge is 2.12. The minimum atomic E-state index is 0.414. The average Bonchev–Trinajstić information content (AvgIpc) is 2.89. The van der Waals surface area contributed by atoms with Gasteiger partial charge in [0.05, 0.1) is 12.0 Å². The molecule has 0 atom stereocenters. The molecule has 0 N–H and O–H groups in total. The third-order valence-electron chi connectivity index (χ3n) is 2.81. The summed E-state index contributed by atoms with van der Waals surface area (Å²) >= 11 is 0. The Bertz CT molecular complexity index is 776. The normalized spacial score (nSPS) is 10.7. The van der Waals surface area contributed by atoms with Crippen molar-refractivity contribution >= 4 is 11.1 Å². The third kappa shape index (κ3) is 1.47. The molecule has 0 fully saturated rings. The zero-order valence-electron chi connectivity index (χ0n) is 10.0. The number of hydrogen-bond acceptors (Lipinski definition) is 4. The molecule has 0 unspecified atom stereocenters. The molecule has 0 amide bonds. The average molecular weight is 238 g/mol. The van der Waals surface area contributed by atoms with Crippen molar-refractivity contribution in [3.05, 3.63) is 36.1 Å². The first-order valence-corrected chi connectivity index (χ1v) is 5.48. The van der Waals surface area contributed by atoms with E-state index in [-0.39, 0.29) is 0 Å². The van der Waals surface area contributed by atoms with Gasteiger partial charge in [-0.05, 0) is 18.2 Å². The molecule has 1 aromatic carbocycles. The predicted molar refractivity (Wildman–Crippen MR) is 65.7 cm³/mol. The van der Waals surface area contributed by atoms with Gasteiger partial charge in [-0.1, -0.05) is 0 Å². The fourth-order valence-corrected chi connectivity index (χ4v) is 2.04. The smallest absolute Gasteiger partial charge is 0.192 e. The molecule has 3 aromatic rings. The summed E-state index contributed by atoms with van der Waals surface area (Å²) < 4.78 is 7.25. The van der Waals surface area contributed by atoms with Crippen molar-refractivity contribution < 1.29 is 4.42 Å². The molecule has 0 aliphatic rings. The van der Waals surface area contributed by atoms with Crippen LogP contribution in [0.1, 0.15) is 11.6 Å². The van der Waals surface area contributed by atoms with Crippen LogP contribution >= 0.6 is 0 Å². The fourth-order valence-electron chi connectivity index (χ4n) is 2.04. The molecule has 5 nitrogen and oxygen atoms in total. The zero-order chi connectivity index (χ0) is 12.7. The van der Waals surface area contributed by atoms with Gasteiger partial charge in [-0.15, -0.1) is 0 Å². The van der Waals surface area contributed by atoms with E-state index in [9.17, 15) is 0 Å². The Morgan fingerprint density at radius 3 is 3.00 bits per heavy atom. The van der Waals surface area contributed by atoms with Crippen molar-refractivity contribution in [2.24, 2.45) is 7.05 Å². The lowest BCUT2D eigenvalue weighted by atomic mass is 10.1. The highest BCUT2D eigenvalue weighted by molar-refractivity contribution is 5.80. The Morgan fingerprint density at radius 2 is 2.22 bits per heavy atom. The minimum absolute atomic E-state index is 0.414. The van der Waals surface area contributed by atoms with Crippen LogP contribution in [0.2, 0.25) is 0 Å². The van der Waals surface area contributed by atoms with Crippen LogP contribution in [-0.4, -0.2) is 14.5 Å². The number of nitrogens with zero attached hydrogens (tertiary/aromatic N) is 4. The monoisotopic (exact) mass is 238 g/mol. The van der Waals surface area contributed by atoms with Gasteiger partial charge in [0, 0.05) is 19.5 Å². The van der Waals surface area contributed by atoms with E-state index in [1.807, 2.05) is 36.7 Å². The number of rotatable bonds is 1. The summed E-state index contributed by atoms with van der Waals surface area (Å²) in [5, 5.41) is 9.05.